The van der Waals surface area contributed by atoms with Crippen LogP contribution in [0.2, 0.25) is 0 Å². The van der Waals surface area contributed by atoms with Gasteiger partial charge in [0.2, 0.25) is 5.91 Å². The van der Waals surface area contributed by atoms with E-state index in [9.17, 15) is 9.59 Å². The van der Waals surface area contributed by atoms with Crippen LogP contribution in [0.3, 0.4) is 0 Å². The number of fused-ring (bicyclic) bond motifs is 1. The largest absolute Gasteiger partial charge is 0.353 e. The van der Waals surface area contributed by atoms with E-state index in [0.717, 1.165) is 13.0 Å². The summed E-state index contributed by atoms with van der Waals surface area (Å²) in [4.78, 5) is 26.9. The van der Waals surface area contributed by atoms with Gasteiger partial charge in [-0.15, -0.1) is 5.10 Å². The molecule has 2 aromatic rings. The van der Waals surface area contributed by atoms with Crippen molar-refractivity contribution < 1.29 is 4.79 Å². The number of aromatic nitrogens is 3. The van der Waals surface area contributed by atoms with Crippen molar-refractivity contribution in [1.29, 1.82) is 0 Å². The number of carbonyl (C=O) groups is 1. The highest BCUT2D eigenvalue weighted by atomic mass is 16.2. The van der Waals surface area contributed by atoms with E-state index >= 15 is 0 Å². The zero-order valence-corrected chi connectivity index (χ0v) is 16.3. The SMILES string of the molecule is CN(C)CCC(NC(=O)CCn1nnc2ccccc2c1=O)C(C)(C)C. The molecule has 1 amide bonds. The van der Waals surface area contributed by atoms with Gasteiger partial charge in [0.05, 0.1) is 11.9 Å². The highest BCUT2D eigenvalue weighted by Crippen LogP contribution is 2.22. The van der Waals surface area contributed by atoms with Crippen LogP contribution in [0.4, 0.5) is 0 Å². The van der Waals surface area contributed by atoms with Crippen molar-refractivity contribution in [2.75, 3.05) is 20.6 Å². The molecule has 26 heavy (non-hydrogen) atoms. The maximum absolute atomic E-state index is 12.4. The zero-order valence-electron chi connectivity index (χ0n) is 16.3. The molecule has 0 fully saturated rings. The summed E-state index contributed by atoms with van der Waals surface area (Å²) in [7, 11) is 4.04. The number of carbonyl (C=O) groups excluding carboxylic acids is 1. The molecule has 1 aromatic heterocycles. The third-order valence-electron chi connectivity index (χ3n) is 4.43. The fourth-order valence-electron chi connectivity index (χ4n) is 2.75. The summed E-state index contributed by atoms with van der Waals surface area (Å²) < 4.78 is 1.26. The molecule has 7 nitrogen and oxygen atoms in total. The molecule has 142 valence electrons. The van der Waals surface area contributed by atoms with Crippen LogP contribution in [-0.4, -0.2) is 52.5 Å². The fourth-order valence-corrected chi connectivity index (χ4v) is 2.75. The molecule has 2 rings (SSSR count). The molecule has 0 aliphatic heterocycles. The first-order chi connectivity index (χ1) is 12.2. The van der Waals surface area contributed by atoms with Crippen LogP contribution in [0.5, 0.6) is 0 Å². The summed E-state index contributed by atoms with van der Waals surface area (Å²) in [6.45, 7) is 7.47. The number of rotatable bonds is 7. The van der Waals surface area contributed by atoms with E-state index < -0.39 is 0 Å². The maximum atomic E-state index is 12.4. The summed E-state index contributed by atoms with van der Waals surface area (Å²) in [5.41, 5.74) is 0.309. The normalized spacial score (nSPS) is 13.2. The molecule has 0 aliphatic rings. The van der Waals surface area contributed by atoms with Crippen LogP contribution in [-0.2, 0) is 11.3 Å². The molecule has 0 aliphatic carbocycles. The predicted molar refractivity (Wildman–Crippen MR) is 103 cm³/mol. The molecule has 0 bridgehead atoms. The quantitative estimate of drug-likeness (QED) is 0.813. The Bertz CT molecular complexity index is 807. The van der Waals surface area contributed by atoms with Gasteiger partial charge >= 0.3 is 0 Å². The number of benzene rings is 1. The molecule has 0 radical (unpaired) electrons. The van der Waals surface area contributed by atoms with Crippen LogP contribution in [0, 0.1) is 5.41 Å². The van der Waals surface area contributed by atoms with Crippen molar-refractivity contribution in [1.82, 2.24) is 25.2 Å². The minimum absolute atomic E-state index is 0.0364. The van der Waals surface area contributed by atoms with E-state index in [1.54, 1.807) is 18.2 Å². The minimum Gasteiger partial charge on any atom is -0.353 e. The van der Waals surface area contributed by atoms with Gasteiger partial charge < -0.3 is 10.2 Å². The van der Waals surface area contributed by atoms with E-state index in [2.05, 4.69) is 41.3 Å². The number of hydrogen-bond donors (Lipinski definition) is 1. The van der Waals surface area contributed by atoms with E-state index in [0.29, 0.717) is 10.9 Å². The van der Waals surface area contributed by atoms with Crippen molar-refractivity contribution in [2.45, 2.75) is 46.2 Å². The molecular formula is C19H29N5O2. The Morgan fingerprint density at radius 1 is 1.27 bits per heavy atom. The van der Waals surface area contributed by atoms with E-state index in [-0.39, 0.29) is 35.9 Å². The van der Waals surface area contributed by atoms with E-state index in [4.69, 9.17) is 0 Å². The molecule has 0 spiro atoms. The lowest BCUT2D eigenvalue weighted by Crippen LogP contribution is -2.45. The average Bonchev–Trinajstić information content (AvgIpc) is 2.57. The molecule has 1 aromatic carbocycles. The van der Waals surface area contributed by atoms with Gasteiger partial charge in [-0.2, -0.15) is 0 Å². The lowest BCUT2D eigenvalue weighted by Gasteiger charge is -2.32. The molecule has 0 saturated carbocycles. The first-order valence-corrected chi connectivity index (χ1v) is 8.95. The van der Waals surface area contributed by atoms with Gasteiger partial charge in [0.15, 0.2) is 0 Å². The zero-order chi connectivity index (χ0) is 19.3. The Labute approximate surface area is 154 Å². The first-order valence-electron chi connectivity index (χ1n) is 8.95. The Balaban J connectivity index is 2.01. The second-order valence-corrected chi connectivity index (χ2v) is 7.96. The van der Waals surface area contributed by atoms with Crippen LogP contribution in [0.25, 0.3) is 10.9 Å². The van der Waals surface area contributed by atoms with Gasteiger partial charge in [0.25, 0.3) is 5.56 Å². The standard InChI is InChI=1S/C19H29N5O2/c1-19(2,3)16(10-12-23(4)5)20-17(25)11-13-24-18(26)14-8-6-7-9-15(14)21-22-24/h6-9,16H,10-13H2,1-5H3,(H,20,25). The van der Waals surface area contributed by atoms with Crippen molar-refractivity contribution >= 4 is 16.8 Å². The third kappa shape index (κ3) is 5.36. The first kappa shape index (κ1) is 20.0. The minimum atomic E-state index is -0.219. The predicted octanol–water partition coefficient (Wildman–Crippen LogP) is 1.66. The lowest BCUT2D eigenvalue weighted by molar-refractivity contribution is -0.122. The van der Waals surface area contributed by atoms with Crippen LogP contribution >= 0.6 is 0 Å². The van der Waals surface area contributed by atoms with Crippen molar-refractivity contribution in [3.8, 4) is 0 Å². The number of nitrogens with one attached hydrogen (secondary N) is 1. The second kappa shape index (κ2) is 8.40. The van der Waals surface area contributed by atoms with E-state index in [1.165, 1.54) is 4.68 Å². The highest BCUT2D eigenvalue weighted by Gasteiger charge is 2.26. The molecule has 1 unspecified atom stereocenters. The Kier molecular flexibility index (Phi) is 6.47. The number of nitrogens with zero attached hydrogens (tertiary/aromatic N) is 4. The van der Waals surface area contributed by atoms with Crippen LogP contribution in [0.1, 0.15) is 33.6 Å². The summed E-state index contributed by atoms with van der Waals surface area (Å²) in [5, 5.41) is 11.6. The summed E-state index contributed by atoms with van der Waals surface area (Å²) >= 11 is 0. The molecule has 1 atom stereocenters. The van der Waals surface area contributed by atoms with Crippen molar-refractivity contribution in [3.63, 3.8) is 0 Å². The third-order valence-corrected chi connectivity index (χ3v) is 4.43. The summed E-state index contributed by atoms with van der Waals surface area (Å²) in [6.07, 6.45) is 1.07. The van der Waals surface area contributed by atoms with Crippen LogP contribution in [0.15, 0.2) is 29.1 Å². The molecular weight excluding hydrogens is 330 g/mol. The number of aryl methyl sites for hydroxylation is 1. The van der Waals surface area contributed by atoms with Gasteiger partial charge in [-0.1, -0.05) is 38.1 Å². The Morgan fingerprint density at radius 3 is 2.62 bits per heavy atom. The Morgan fingerprint density at radius 2 is 1.96 bits per heavy atom. The average molecular weight is 359 g/mol. The highest BCUT2D eigenvalue weighted by molar-refractivity contribution is 5.77. The topological polar surface area (TPSA) is 80.1 Å². The fraction of sp³-hybridized carbons (Fsp3) is 0.579. The van der Waals surface area contributed by atoms with Gasteiger partial charge in [0.1, 0.15) is 5.52 Å². The summed E-state index contributed by atoms with van der Waals surface area (Å²) in [6, 6.07) is 7.14. The van der Waals surface area contributed by atoms with Gasteiger partial charge in [-0.05, 0) is 44.6 Å². The van der Waals surface area contributed by atoms with Crippen molar-refractivity contribution in [2.24, 2.45) is 5.41 Å². The van der Waals surface area contributed by atoms with Crippen molar-refractivity contribution in [3.05, 3.63) is 34.6 Å². The molecule has 1 heterocycles. The summed E-state index contributed by atoms with van der Waals surface area (Å²) in [5.74, 6) is -0.0782. The smallest absolute Gasteiger partial charge is 0.277 e. The Hall–Kier alpha value is -2.28. The molecule has 7 heteroatoms. The number of amides is 1. The molecule has 0 saturated heterocycles. The van der Waals surface area contributed by atoms with Crippen LogP contribution < -0.4 is 10.9 Å². The lowest BCUT2D eigenvalue weighted by atomic mass is 9.84. The van der Waals surface area contributed by atoms with E-state index in [1.807, 2.05) is 20.2 Å². The van der Waals surface area contributed by atoms with Gasteiger partial charge in [-0.25, -0.2) is 4.68 Å². The van der Waals surface area contributed by atoms with Gasteiger partial charge in [-0.3, -0.25) is 9.59 Å². The number of hydrogen-bond acceptors (Lipinski definition) is 5. The second-order valence-electron chi connectivity index (χ2n) is 7.96. The maximum Gasteiger partial charge on any atom is 0.277 e. The monoisotopic (exact) mass is 359 g/mol. The molecule has 1 N–H and O–H groups in total. The van der Waals surface area contributed by atoms with Gasteiger partial charge in [0, 0.05) is 12.5 Å².